The molecule has 0 saturated carbocycles. The van der Waals surface area contributed by atoms with Gasteiger partial charge in [0.05, 0.1) is 5.56 Å². The molecular formula is C16H17N3O2. The minimum atomic E-state index is -0.304. The molecule has 0 unspecified atom stereocenters. The Bertz CT molecular complexity index is 668. The summed E-state index contributed by atoms with van der Waals surface area (Å²) in [5, 5.41) is 5.45. The van der Waals surface area contributed by atoms with Gasteiger partial charge >= 0.3 is 0 Å². The van der Waals surface area contributed by atoms with E-state index < -0.39 is 0 Å². The molecule has 2 amide bonds. The van der Waals surface area contributed by atoms with E-state index in [0.717, 1.165) is 0 Å². The minimum absolute atomic E-state index is 0.173. The van der Waals surface area contributed by atoms with Gasteiger partial charge in [-0.1, -0.05) is 18.2 Å². The van der Waals surface area contributed by atoms with Crippen LogP contribution in [0.25, 0.3) is 0 Å². The van der Waals surface area contributed by atoms with Crippen LogP contribution in [0.3, 0.4) is 0 Å². The molecule has 0 aliphatic heterocycles. The van der Waals surface area contributed by atoms with Crippen molar-refractivity contribution in [3.8, 4) is 0 Å². The number of carbonyl (C=O) groups excluding carboxylic acids is 2. The lowest BCUT2D eigenvalue weighted by Gasteiger charge is -2.09. The van der Waals surface area contributed by atoms with Crippen molar-refractivity contribution in [1.82, 2.24) is 5.32 Å². The molecule has 0 heterocycles. The van der Waals surface area contributed by atoms with E-state index in [2.05, 4.69) is 10.6 Å². The SMILES string of the molecule is CCNC(=O)c1cccc(NC(=O)c2ccccc2N)c1. The van der Waals surface area contributed by atoms with E-state index >= 15 is 0 Å². The number of anilines is 2. The average molecular weight is 283 g/mol. The lowest BCUT2D eigenvalue weighted by Crippen LogP contribution is -2.22. The number of amides is 2. The van der Waals surface area contributed by atoms with Crippen LogP contribution >= 0.6 is 0 Å². The molecule has 0 aromatic heterocycles. The van der Waals surface area contributed by atoms with Gasteiger partial charge < -0.3 is 16.4 Å². The van der Waals surface area contributed by atoms with E-state index in [0.29, 0.717) is 29.0 Å². The van der Waals surface area contributed by atoms with Gasteiger partial charge in [0.1, 0.15) is 0 Å². The maximum Gasteiger partial charge on any atom is 0.257 e. The molecule has 4 N–H and O–H groups in total. The predicted molar refractivity (Wildman–Crippen MR) is 83.3 cm³/mol. The van der Waals surface area contributed by atoms with Gasteiger partial charge in [-0.05, 0) is 37.3 Å². The maximum atomic E-state index is 12.2. The van der Waals surface area contributed by atoms with Gasteiger partial charge in [-0.25, -0.2) is 0 Å². The second kappa shape index (κ2) is 6.56. The average Bonchev–Trinajstić information content (AvgIpc) is 2.48. The Hall–Kier alpha value is -2.82. The third kappa shape index (κ3) is 3.60. The highest BCUT2D eigenvalue weighted by Gasteiger charge is 2.10. The highest BCUT2D eigenvalue weighted by molar-refractivity contribution is 6.08. The minimum Gasteiger partial charge on any atom is -0.398 e. The lowest BCUT2D eigenvalue weighted by molar-refractivity contribution is 0.0954. The van der Waals surface area contributed by atoms with Crippen LogP contribution in [-0.2, 0) is 0 Å². The van der Waals surface area contributed by atoms with Crippen molar-refractivity contribution >= 4 is 23.2 Å². The fraction of sp³-hybridized carbons (Fsp3) is 0.125. The molecule has 0 spiro atoms. The van der Waals surface area contributed by atoms with E-state index in [1.165, 1.54) is 0 Å². The van der Waals surface area contributed by atoms with Crippen molar-refractivity contribution in [2.24, 2.45) is 0 Å². The Balaban J connectivity index is 2.17. The van der Waals surface area contributed by atoms with Crippen LogP contribution in [0.4, 0.5) is 11.4 Å². The fourth-order valence-electron chi connectivity index (χ4n) is 1.90. The molecular weight excluding hydrogens is 266 g/mol. The highest BCUT2D eigenvalue weighted by atomic mass is 16.2. The number of hydrogen-bond donors (Lipinski definition) is 3. The summed E-state index contributed by atoms with van der Waals surface area (Å²) >= 11 is 0. The highest BCUT2D eigenvalue weighted by Crippen LogP contribution is 2.15. The normalized spacial score (nSPS) is 9.95. The zero-order chi connectivity index (χ0) is 15.2. The summed E-state index contributed by atoms with van der Waals surface area (Å²) in [5.74, 6) is -0.478. The third-order valence-electron chi connectivity index (χ3n) is 2.93. The van der Waals surface area contributed by atoms with Crippen LogP contribution in [0.5, 0.6) is 0 Å². The van der Waals surface area contributed by atoms with Crippen molar-refractivity contribution < 1.29 is 9.59 Å². The Kier molecular flexibility index (Phi) is 4.56. The molecule has 2 aromatic carbocycles. The van der Waals surface area contributed by atoms with Crippen molar-refractivity contribution in [3.63, 3.8) is 0 Å². The van der Waals surface area contributed by atoms with Gasteiger partial charge in [-0.2, -0.15) is 0 Å². The van der Waals surface area contributed by atoms with Crippen LogP contribution in [0, 0.1) is 0 Å². The maximum absolute atomic E-state index is 12.2. The van der Waals surface area contributed by atoms with Gasteiger partial charge in [-0.15, -0.1) is 0 Å². The number of carbonyl (C=O) groups is 2. The Morgan fingerprint density at radius 3 is 2.52 bits per heavy atom. The zero-order valence-electron chi connectivity index (χ0n) is 11.7. The topological polar surface area (TPSA) is 84.2 Å². The third-order valence-corrected chi connectivity index (χ3v) is 2.93. The van der Waals surface area contributed by atoms with Gasteiger partial charge in [0.2, 0.25) is 0 Å². The Morgan fingerprint density at radius 2 is 1.81 bits per heavy atom. The van der Waals surface area contributed by atoms with Crippen LogP contribution in [0.1, 0.15) is 27.6 Å². The number of para-hydroxylation sites is 1. The number of hydrogen-bond acceptors (Lipinski definition) is 3. The van der Waals surface area contributed by atoms with Gasteiger partial charge in [0, 0.05) is 23.5 Å². The first-order chi connectivity index (χ1) is 10.1. The van der Waals surface area contributed by atoms with E-state index in [4.69, 9.17) is 5.73 Å². The van der Waals surface area contributed by atoms with E-state index in [1.54, 1.807) is 48.5 Å². The first-order valence-electron chi connectivity index (χ1n) is 6.66. The molecule has 2 aromatic rings. The van der Waals surface area contributed by atoms with Gasteiger partial charge in [-0.3, -0.25) is 9.59 Å². The summed E-state index contributed by atoms with van der Waals surface area (Å²) in [6, 6.07) is 13.6. The summed E-state index contributed by atoms with van der Waals surface area (Å²) in [5.41, 5.74) is 7.63. The lowest BCUT2D eigenvalue weighted by atomic mass is 10.1. The second-order valence-corrected chi connectivity index (χ2v) is 4.48. The Labute approximate surface area is 123 Å². The zero-order valence-corrected chi connectivity index (χ0v) is 11.7. The molecule has 0 aliphatic rings. The molecule has 5 heteroatoms. The van der Waals surface area contributed by atoms with Crippen LogP contribution in [-0.4, -0.2) is 18.4 Å². The van der Waals surface area contributed by atoms with Crippen LogP contribution < -0.4 is 16.4 Å². The fourth-order valence-corrected chi connectivity index (χ4v) is 1.90. The predicted octanol–water partition coefficient (Wildman–Crippen LogP) is 2.27. The quantitative estimate of drug-likeness (QED) is 0.753. The standard InChI is InChI=1S/C16H17N3O2/c1-2-18-15(20)11-6-5-7-12(10-11)19-16(21)13-8-3-4-9-14(13)17/h3-10H,2,17H2,1H3,(H,18,20)(H,19,21). The molecule has 0 aliphatic carbocycles. The molecule has 0 bridgehead atoms. The number of nitrogen functional groups attached to an aromatic ring is 1. The van der Waals surface area contributed by atoms with E-state index in [-0.39, 0.29) is 11.8 Å². The largest absolute Gasteiger partial charge is 0.398 e. The van der Waals surface area contributed by atoms with Crippen molar-refractivity contribution in [2.45, 2.75) is 6.92 Å². The molecule has 0 fully saturated rings. The van der Waals surface area contributed by atoms with Crippen molar-refractivity contribution in [2.75, 3.05) is 17.6 Å². The monoisotopic (exact) mass is 283 g/mol. The molecule has 0 radical (unpaired) electrons. The summed E-state index contributed by atoms with van der Waals surface area (Å²) in [6.45, 7) is 2.40. The number of rotatable bonds is 4. The number of benzene rings is 2. The number of nitrogens with one attached hydrogen (secondary N) is 2. The molecule has 5 nitrogen and oxygen atoms in total. The summed E-state index contributed by atoms with van der Waals surface area (Å²) in [4.78, 5) is 23.9. The van der Waals surface area contributed by atoms with Crippen LogP contribution in [0.15, 0.2) is 48.5 Å². The molecule has 21 heavy (non-hydrogen) atoms. The molecule has 2 rings (SSSR count). The molecule has 0 saturated heterocycles. The smallest absolute Gasteiger partial charge is 0.257 e. The molecule has 0 atom stereocenters. The van der Waals surface area contributed by atoms with E-state index in [9.17, 15) is 9.59 Å². The van der Waals surface area contributed by atoms with E-state index in [1.807, 2.05) is 6.92 Å². The van der Waals surface area contributed by atoms with Crippen LogP contribution in [0.2, 0.25) is 0 Å². The summed E-state index contributed by atoms with van der Waals surface area (Å²) in [7, 11) is 0. The summed E-state index contributed by atoms with van der Waals surface area (Å²) < 4.78 is 0. The Morgan fingerprint density at radius 1 is 1.05 bits per heavy atom. The second-order valence-electron chi connectivity index (χ2n) is 4.48. The van der Waals surface area contributed by atoms with Crippen molar-refractivity contribution in [1.29, 1.82) is 0 Å². The first-order valence-corrected chi connectivity index (χ1v) is 6.66. The summed E-state index contributed by atoms with van der Waals surface area (Å²) in [6.07, 6.45) is 0. The van der Waals surface area contributed by atoms with Gasteiger partial charge in [0.15, 0.2) is 0 Å². The molecule has 108 valence electrons. The number of nitrogens with two attached hydrogens (primary N) is 1. The van der Waals surface area contributed by atoms with Crippen molar-refractivity contribution in [3.05, 3.63) is 59.7 Å². The first kappa shape index (κ1) is 14.6. The van der Waals surface area contributed by atoms with Gasteiger partial charge in [0.25, 0.3) is 11.8 Å².